The first-order valence-corrected chi connectivity index (χ1v) is 11.4. The SMILES string of the molecule is COC(=O)C1CCN(C(=O)C2CCN(S(=O)(=O)Cc3ccccc3)CC2)CC1. The first-order chi connectivity index (χ1) is 13.4. The minimum absolute atomic E-state index is 0.00645. The zero-order valence-electron chi connectivity index (χ0n) is 16.2. The van der Waals surface area contributed by atoms with Gasteiger partial charge >= 0.3 is 5.97 Å². The van der Waals surface area contributed by atoms with Gasteiger partial charge in [0.25, 0.3) is 0 Å². The molecule has 0 aliphatic carbocycles. The zero-order chi connectivity index (χ0) is 20.1. The van der Waals surface area contributed by atoms with Crippen molar-refractivity contribution in [3.63, 3.8) is 0 Å². The van der Waals surface area contributed by atoms with Crippen molar-refractivity contribution < 1.29 is 22.7 Å². The van der Waals surface area contributed by atoms with Crippen molar-refractivity contribution in [2.24, 2.45) is 11.8 Å². The van der Waals surface area contributed by atoms with E-state index in [0.29, 0.717) is 51.9 Å². The molecule has 1 aromatic rings. The van der Waals surface area contributed by atoms with E-state index in [1.807, 2.05) is 35.2 Å². The van der Waals surface area contributed by atoms with Crippen LogP contribution < -0.4 is 0 Å². The molecule has 0 saturated carbocycles. The van der Waals surface area contributed by atoms with Gasteiger partial charge in [-0.15, -0.1) is 0 Å². The normalized spacial score (nSPS) is 20.1. The van der Waals surface area contributed by atoms with Crippen LogP contribution >= 0.6 is 0 Å². The number of piperidine rings is 2. The Labute approximate surface area is 166 Å². The van der Waals surface area contributed by atoms with Gasteiger partial charge in [-0.05, 0) is 31.2 Å². The fourth-order valence-corrected chi connectivity index (χ4v) is 5.58. The third kappa shape index (κ3) is 4.91. The van der Waals surface area contributed by atoms with Crippen LogP contribution in [0.3, 0.4) is 0 Å². The van der Waals surface area contributed by atoms with E-state index in [2.05, 4.69) is 0 Å². The third-order valence-electron chi connectivity index (χ3n) is 5.73. The topological polar surface area (TPSA) is 84.0 Å². The molecule has 0 radical (unpaired) electrons. The van der Waals surface area contributed by atoms with E-state index < -0.39 is 10.0 Å². The average Bonchev–Trinajstić information content (AvgIpc) is 2.73. The van der Waals surface area contributed by atoms with Crippen molar-refractivity contribution >= 4 is 21.9 Å². The van der Waals surface area contributed by atoms with Gasteiger partial charge in [-0.1, -0.05) is 30.3 Å². The number of hydrogen-bond donors (Lipinski definition) is 0. The highest BCUT2D eigenvalue weighted by molar-refractivity contribution is 7.88. The van der Waals surface area contributed by atoms with Crippen LogP contribution in [0, 0.1) is 11.8 Å². The van der Waals surface area contributed by atoms with Gasteiger partial charge in [0.2, 0.25) is 15.9 Å². The molecular weight excluding hydrogens is 380 g/mol. The molecule has 0 N–H and O–H groups in total. The number of ether oxygens (including phenoxy) is 1. The summed E-state index contributed by atoms with van der Waals surface area (Å²) in [6.07, 6.45) is 2.35. The number of hydrogen-bond acceptors (Lipinski definition) is 5. The van der Waals surface area contributed by atoms with Crippen LogP contribution in [0.25, 0.3) is 0 Å². The predicted molar refractivity (Wildman–Crippen MR) is 105 cm³/mol. The first kappa shape index (κ1) is 20.8. The summed E-state index contributed by atoms with van der Waals surface area (Å²) in [7, 11) is -1.98. The van der Waals surface area contributed by atoms with E-state index in [0.717, 1.165) is 5.56 Å². The molecule has 1 aromatic carbocycles. The van der Waals surface area contributed by atoms with Gasteiger partial charge in [-0.2, -0.15) is 0 Å². The number of nitrogens with zero attached hydrogens (tertiary/aromatic N) is 2. The molecule has 3 rings (SSSR count). The highest BCUT2D eigenvalue weighted by Gasteiger charge is 2.35. The van der Waals surface area contributed by atoms with Crippen LogP contribution in [0.2, 0.25) is 0 Å². The molecule has 0 spiro atoms. The number of sulfonamides is 1. The fraction of sp³-hybridized carbons (Fsp3) is 0.600. The van der Waals surface area contributed by atoms with E-state index in [4.69, 9.17) is 4.74 Å². The Bertz CT molecular complexity index is 780. The second-order valence-electron chi connectivity index (χ2n) is 7.54. The molecule has 2 aliphatic rings. The van der Waals surface area contributed by atoms with Crippen molar-refractivity contribution in [1.29, 1.82) is 0 Å². The lowest BCUT2D eigenvalue weighted by Gasteiger charge is -2.36. The van der Waals surface area contributed by atoms with Crippen LogP contribution in [-0.2, 0) is 30.1 Å². The minimum atomic E-state index is -3.37. The number of benzene rings is 1. The van der Waals surface area contributed by atoms with Crippen LogP contribution in [0.15, 0.2) is 30.3 Å². The molecule has 0 aromatic heterocycles. The molecule has 2 fully saturated rings. The monoisotopic (exact) mass is 408 g/mol. The number of amides is 1. The molecule has 7 nitrogen and oxygen atoms in total. The lowest BCUT2D eigenvalue weighted by molar-refractivity contribution is -0.149. The van der Waals surface area contributed by atoms with Crippen LogP contribution in [0.4, 0.5) is 0 Å². The number of methoxy groups -OCH3 is 1. The van der Waals surface area contributed by atoms with Gasteiger partial charge < -0.3 is 9.64 Å². The minimum Gasteiger partial charge on any atom is -0.469 e. The lowest BCUT2D eigenvalue weighted by Crippen LogP contribution is -2.47. The maximum absolute atomic E-state index is 12.8. The number of carbonyl (C=O) groups is 2. The Hall–Kier alpha value is -1.93. The second-order valence-corrected chi connectivity index (χ2v) is 9.51. The summed E-state index contributed by atoms with van der Waals surface area (Å²) in [6, 6.07) is 9.15. The quantitative estimate of drug-likeness (QED) is 0.692. The van der Waals surface area contributed by atoms with E-state index in [1.165, 1.54) is 11.4 Å². The van der Waals surface area contributed by atoms with Gasteiger partial charge in [-0.3, -0.25) is 9.59 Å². The predicted octanol–water partition coefficient (Wildman–Crippen LogP) is 1.64. The van der Waals surface area contributed by atoms with Gasteiger partial charge in [-0.25, -0.2) is 12.7 Å². The molecular formula is C20H28N2O5S. The van der Waals surface area contributed by atoms with E-state index >= 15 is 0 Å². The molecule has 2 aliphatic heterocycles. The maximum atomic E-state index is 12.8. The molecule has 28 heavy (non-hydrogen) atoms. The summed E-state index contributed by atoms with van der Waals surface area (Å²) in [4.78, 5) is 26.2. The summed E-state index contributed by atoms with van der Waals surface area (Å²) in [5.41, 5.74) is 0.772. The molecule has 2 saturated heterocycles. The second kappa shape index (κ2) is 9.05. The first-order valence-electron chi connectivity index (χ1n) is 9.79. The van der Waals surface area contributed by atoms with Crippen molar-refractivity contribution in [1.82, 2.24) is 9.21 Å². The fourth-order valence-electron chi connectivity index (χ4n) is 4.02. The van der Waals surface area contributed by atoms with Crippen molar-refractivity contribution in [2.45, 2.75) is 31.4 Å². The summed E-state index contributed by atoms with van der Waals surface area (Å²) in [5.74, 6) is -0.391. The Morgan fingerprint density at radius 3 is 2.11 bits per heavy atom. The summed E-state index contributed by atoms with van der Waals surface area (Å²) >= 11 is 0. The number of likely N-dealkylation sites (tertiary alicyclic amines) is 1. The summed E-state index contributed by atoms with van der Waals surface area (Å²) < 4.78 is 31.6. The zero-order valence-corrected chi connectivity index (χ0v) is 17.1. The van der Waals surface area contributed by atoms with Crippen LogP contribution in [-0.4, -0.2) is 62.8 Å². The van der Waals surface area contributed by atoms with Crippen molar-refractivity contribution in [2.75, 3.05) is 33.3 Å². The molecule has 0 unspecified atom stereocenters. The van der Waals surface area contributed by atoms with Gasteiger partial charge in [0.15, 0.2) is 0 Å². The maximum Gasteiger partial charge on any atom is 0.308 e. The number of rotatable bonds is 5. The summed E-state index contributed by atoms with van der Waals surface area (Å²) in [6.45, 7) is 1.88. The van der Waals surface area contributed by atoms with E-state index in [1.54, 1.807) is 0 Å². The third-order valence-corrected chi connectivity index (χ3v) is 7.58. The molecule has 8 heteroatoms. The Morgan fingerprint density at radius 1 is 0.964 bits per heavy atom. The van der Waals surface area contributed by atoms with Crippen molar-refractivity contribution in [3.8, 4) is 0 Å². The van der Waals surface area contributed by atoms with Crippen LogP contribution in [0.1, 0.15) is 31.2 Å². The Balaban J connectivity index is 1.50. The largest absolute Gasteiger partial charge is 0.469 e. The Morgan fingerprint density at radius 2 is 1.54 bits per heavy atom. The van der Waals surface area contributed by atoms with E-state index in [-0.39, 0.29) is 29.5 Å². The highest BCUT2D eigenvalue weighted by Crippen LogP contribution is 2.26. The number of esters is 1. The molecule has 1 amide bonds. The Kier molecular flexibility index (Phi) is 6.72. The van der Waals surface area contributed by atoms with Gasteiger partial charge in [0.05, 0.1) is 18.8 Å². The number of carbonyl (C=O) groups excluding carboxylic acids is 2. The van der Waals surface area contributed by atoms with Gasteiger partial charge in [0.1, 0.15) is 0 Å². The van der Waals surface area contributed by atoms with Crippen molar-refractivity contribution in [3.05, 3.63) is 35.9 Å². The standard InChI is InChI=1S/C20H28N2O5S/c1-27-20(24)18-7-11-21(12-8-18)19(23)17-9-13-22(14-10-17)28(25,26)15-16-5-3-2-4-6-16/h2-6,17-18H,7-15H2,1H3. The van der Waals surface area contributed by atoms with Crippen LogP contribution in [0.5, 0.6) is 0 Å². The van der Waals surface area contributed by atoms with Gasteiger partial charge in [0, 0.05) is 32.1 Å². The molecule has 0 bridgehead atoms. The molecule has 2 heterocycles. The smallest absolute Gasteiger partial charge is 0.308 e. The highest BCUT2D eigenvalue weighted by atomic mass is 32.2. The molecule has 0 atom stereocenters. The average molecular weight is 409 g/mol. The molecule has 154 valence electrons. The van der Waals surface area contributed by atoms with E-state index in [9.17, 15) is 18.0 Å². The summed E-state index contributed by atoms with van der Waals surface area (Å²) in [5, 5.41) is 0. The lowest BCUT2D eigenvalue weighted by atomic mass is 9.92.